The Morgan fingerprint density at radius 1 is 1.20 bits per heavy atom. The third-order valence-electron chi connectivity index (χ3n) is 2.59. The molecule has 0 bridgehead atoms. The summed E-state index contributed by atoms with van der Waals surface area (Å²) in [6.07, 6.45) is -2.97. The minimum absolute atomic E-state index is 0.113. The van der Waals surface area contributed by atoms with Crippen LogP contribution in [0, 0.1) is 12.7 Å². The second-order valence-electron chi connectivity index (χ2n) is 4.14. The number of hydrogen-bond donors (Lipinski definition) is 1. The molecule has 7 heteroatoms. The summed E-state index contributed by atoms with van der Waals surface area (Å²) in [6, 6.07) is 3.83. The SMILES string of the molecule is Cc1nccc(CNc2cc(C(F)(F)F)ccc2F)n1. The number of nitrogens with zero attached hydrogens (tertiary/aromatic N) is 2. The number of halogens is 4. The van der Waals surface area contributed by atoms with Gasteiger partial charge in [0.1, 0.15) is 11.6 Å². The van der Waals surface area contributed by atoms with Crippen molar-refractivity contribution < 1.29 is 17.6 Å². The molecule has 0 spiro atoms. The summed E-state index contributed by atoms with van der Waals surface area (Å²) in [7, 11) is 0. The molecule has 0 aliphatic rings. The largest absolute Gasteiger partial charge is 0.416 e. The van der Waals surface area contributed by atoms with E-state index in [-0.39, 0.29) is 12.2 Å². The van der Waals surface area contributed by atoms with Crippen molar-refractivity contribution in [1.29, 1.82) is 0 Å². The highest BCUT2D eigenvalue weighted by atomic mass is 19.4. The van der Waals surface area contributed by atoms with Crippen LogP contribution < -0.4 is 5.32 Å². The van der Waals surface area contributed by atoms with Crippen molar-refractivity contribution in [3.8, 4) is 0 Å². The van der Waals surface area contributed by atoms with Crippen LogP contribution >= 0.6 is 0 Å². The predicted octanol–water partition coefficient (Wildman–Crippen LogP) is 3.56. The van der Waals surface area contributed by atoms with Gasteiger partial charge in [-0.1, -0.05) is 0 Å². The molecule has 2 rings (SSSR count). The number of aryl methyl sites for hydroxylation is 1. The molecule has 0 saturated heterocycles. The molecule has 0 amide bonds. The van der Waals surface area contributed by atoms with Gasteiger partial charge in [-0.05, 0) is 31.2 Å². The fourth-order valence-electron chi connectivity index (χ4n) is 1.63. The van der Waals surface area contributed by atoms with Gasteiger partial charge in [0, 0.05) is 6.20 Å². The highest BCUT2D eigenvalue weighted by Gasteiger charge is 2.31. The van der Waals surface area contributed by atoms with Gasteiger partial charge in [0.25, 0.3) is 0 Å². The van der Waals surface area contributed by atoms with Crippen LogP contribution in [0.5, 0.6) is 0 Å². The van der Waals surface area contributed by atoms with Gasteiger partial charge in [-0.25, -0.2) is 14.4 Å². The maximum absolute atomic E-state index is 13.5. The van der Waals surface area contributed by atoms with Crippen molar-refractivity contribution in [2.45, 2.75) is 19.6 Å². The van der Waals surface area contributed by atoms with E-state index < -0.39 is 17.6 Å². The van der Waals surface area contributed by atoms with Crippen molar-refractivity contribution in [3.05, 3.63) is 53.4 Å². The lowest BCUT2D eigenvalue weighted by Gasteiger charge is -2.11. The van der Waals surface area contributed by atoms with Gasteiger partial charge in [-0.3, -0.25) is 0 Å². The summed E-state index contributed by atoms with van der Waals surface area (Å²) < 4.78 is 51.1. The highest BCUT2D eigenvalue weighted by Crippen LogP contribution is 2.31. The zero-order valence-corrected chi connectivity index (χ0v) is 10.5. The third kappa shape index (κ3) is 3.43. The Morgan fingerprint density at radius 2 is 1.95 bits per heavy atom. The summed E-state index contributed by atoms with van der Waals surface area (Å²) in [6.45, 7) is 1.80. The predicted molar refractivity (Wildman–Crippen MR) is 65.5 cm³/mol. The van der Waals surface area contributed by atoms with Gasteiger partial charge >= 0.3 is 6.18 Å². The molecule has 0 fully saturated rings. The van der Waals surface area contributed by atoms with E-state index in [4.69, 9.17) is 0 Å². The number of benzene rings is 1. The Hall–Kier alpha value is -2.18. The maximum atomic E-state index is 13.5. The Balaban J connectivity index is 2.17. The number of anilines is 1. The Morgan fingerprint density at radius 3 is 2.60 bits per heavy atom. The van der Waals surface area contributed by atoms with E-state index in [1.165, 1.54) is 6.20 Å². The van der Waals surface area contributed by atoms with Crippen LogP contribution in [0.25, 0.3) is 0 Å². The summed E-state index contributed by atoms with van der Waals surface area (Å²) in [5.74, 6) is -0.211. The Kier molecular flexibility index (Phi) is 3.87. The van der Waals surface area contributed by atoms with Gasteiger partial charge in [-0.15, -0.1) is 0 Å². The van der Waals surface area contributed by atoms with E-state index in [1.807, 2.05) is 0 Å². The topological polar surface area (TPSA) is 37.8 Å². The normalized spacial score (nSPS) is 11.4. The first kappa shape index (κ1) is 14.2. The van der Waals surface area contributed by atoms with E-state index in [2.05, 4.69) is 15.3 Å². The molecular weight excluding hydrogens is 274 g/mol. The van der Waals surface area contributed by atoms with Crippen LogP contribution in [0.4, 0.5) is 23.2 Å². The lowest BCUT2D eigenvalue weighted by Crippen LogP contribution is -2.08. The van der Waals surface area contributed by atoms with Crippen LogP contribution in [0.2, 0.25) is 0 Å². The van der Waals surface area contributed by atoms with Crippen molar-refractivity contribution in [1.82, 2.24) is 9.97 Å². The van der Waals surface area contributed by atoms with Gasteiger partial charge in [0.05, 0.1) is 23.5 Å². The molecule has 0 unspecified atom stereocenters. The Labute approximate surface area is 112 Å². The molecule has 3 nitrogen and oxygen atoms in total. The molecule has 1 aromatic carbocycles. The van der Waals surface area contributed by atoms with E-state index in [0.717, 1.165) is 12.1 Å². The number of alkyl halides is 3. The number of aromatic nitrogens is 2. The summed E-state index contributed by atoms with van der Waals surface area (Å²) >= 11 is 0. The van der Waals surface area contributed by atoms with Gasteiger partial charge in [0.15, 0.2) is 0 Å². The van der Waals surface area contributed by atoms with E-state index >= 15 is 0 Å². The molecule has 0 radical (unpaired) electrons. The Bertz CT molecular complexity index is 611. The molecule has 106 valence electrons. The highest BCUT2D eigenvalue weighted by molar-refractivity contribution is 5.48. The molecule has 20 heavy (non-hydrogen) atoms. The van der Waals surface area contributed by atoms with E-state index in [9.17, 15) is 17.6 Å². The van der Waals surface area contributed by atoms with Crippen LogP contribution in [0.3, 0.4) is 0 Å². The fraction of sp³-hybridized carbons (Fsp3) is 0.231. The molecule has 1 heterocycles. The molecule has 0 aliphatic heterocycles. The minimum atomic E-state index is -4.50. The second-order valence-corrected chi connectivity index (χ2v) is 4.14. The summed E-state index contributed by atoms with van der Waals surface area (Å²) in [5.41, 5.74) is -0.550. The minimum Gasteiger partial charge on any atom is -0.377 e. The number of rotatable bonds is 3. The first-order valence-corrected chi connectivity index (χ1v) is 5.75. The molecule has 0 aliphatic carbocycles. The van der Waals surface area contributed by atoms with Crippen LogP contribution in [-0.2, 0) is 12.7 Å². The van der Waals surface area contributed by atoms with Crippen molar-refractivity contribution in [2.24, 2.45) is 0 Å². The maximum Gasteiger partial charge on any atom is 0.416 e. The number of nitrogens with one attached hydrogen (secondary N) is 1. The lowest BCUT2D eigenvalue weighted by atomic mass is 10.2. The molecule has 0 saturated carbocycles. The molecule has 2 aromatic rings. The first-order valence-electron chi connectivity index (χ1n) is 5.75. The van der Waals surface area contributed by atoms with Crippen molar-refractivity contribution in [2.75, 3.05) is 5.32 Å². The van der Waals surface area contributed by atoms with Crippen LogP contribution in [-0.4, -0.2) is 9.97 Å². The van der Waals surface area contributed by atoms with Crippen LogP contribution in [0.15, 0.2) is 30.5 Å². The third-order valence-corrected chi connectivity index (χ3v) is 2.59. The van der Waals surface area contributed by atoms with Gasteiger partial charge in [-0.2, -0.15) is 13.2 Å². The first-order chi connectivity index (χ1) is 9.36. The molecule has 1 aromatic heterocycles. The van der Waals surface area contributed by atoms with Crippen LogP contribution in [0.1, 0.15) is 17.1 Å². The molecule has 0 atom stereocenters. The zero-order valence-electron chi connectivity index (χ0n) is 10.5. The molecule has 1 N–H and O–H groups in total. The van der Waals surface area contributed by atoms with E-state index in [0.29, 0.717) is 17.6 Å². The summed E-state index contributed by atoms with van der Waals surface area (Å²) in [4.78, 5) is 7.97. The summed E-state index contributed by atoms with van der Waals surface area (Å²) in [5, 5.41) is 2.60. The lowest BCUT2D eigenvalue weighted by molar-refractivity contribution is -0.137. The monoisotopic (exact) mass is 285 g/mol. The average Bonchev–Trinajstić information content (AvgIpc) is 2.36. The van der Waals surface area contributed by atoms with Gasteiger partial charge in [0.2, 0.25) is 0 Å². The quantitative estimate of drug-likeness (QED) is 0.876. The standard InChI is InChI=1S/C13H11F4N3/c1-8-18-5-4-10(20-8)7-19-12-6-9(13(15,16)17)2-3-11(12)14/h2-6,19H,7H2,1H3. The zero-order chi connectivity index (χ0) is 14.8. The fourth-order valence-corrected chi connectivity index (χ4v) is 1.63. The second kappa shape index (κ2) is 5.44. The van der Waals surface area contributed by atoms with Crippen molar-refractivity contribution >= 4 is 5.69 Å². The number of hydrogen-bond acceptors (Lipinski definition) is 3. The molecular formula is C13H11F4N3. The smallest absolute Gasteiger partial charge is 0.377 e. The van der Waals surface area contributed by atoms with Crippen molar-refractivity contribution in [3.63, 3.8) is 0 Å². The average molecular weight is 285 g/mol. The van der Waals surface area contributed by atoms with Gasteiger partial charge < -0.3 is 5.32 Å². The van der Waals surface area contributed by atoms with E-state index in [1.54, 1.807) is 13.0 Å².